The van der Waals surface area contributed by atoms with Gasteiger partial charge in [0.15, 0.2) is 0 Å². The Balaban J connectivity index is 1.53. The lowest BCUT2D eigenvalue weighted by molar-refractivity contribution is -0.125. The van der Waals surface area contributed by atoms with Gasteiger partial charge in [0.05, 0.1) is 25.3 Å². The zero-order chi connectivity index (χ0) is 18.5. The summed E-state index contributed by atoms with van der Waals surface area (Å²) in [6.45, 7) is 3.88. The molecule has 1 heterocycles. The van der Waals surface area contributed by atoms with Crippen LogP contribution in [0.4, 0.5) is 8.78 Å². The number of halogens is 2. The molecule has 2 unspecified atom stereocenters. The van der Waals surface area contributed by atoms with Gasteiger partial charge in [0, 0.05) is 13.1 Å². The molecule has 0 radical (unpaired) electrons. The lowest BCUT2D eigenvalue weighted by atomic mass is 10.1. The smallest absolute Gasteiger partial charge is 0.234 e. The second kappa shape index (κ2) is 8.38. The van der Waals surface area contributed by atoms with Crippen molar-refractivity contribution in [2.24, 2.45) is 0 Å². The molecule has 2 atom stereocenters. The molecule has 0 aliphatic carbocycles. The van der Waals surface area contributed by atoms with Crippen molar-refractivity contribution in [1.29, 1.82) is 0 Å². The van der Waals surface area contributed by atoms with Gasteiger partial charge in [0.1, 0.15) is 11.6 Å². The van der Waals surface area contributed by atoms with Gasteiger partial charge in [-0.25, -0.2) is 8.78 Å². The maximum Gasteiger partial charge on any atom is 0.234 e. The van der Waals surface area contributed by atoms with Crippen LogP contribution in [-0.2, 0) is 9.53 Å². The number of morpholine rings is 1. The maximum absolute atomic E-state index is 13.1. The van der Waals surface area contributed by atoms with E-state index in [1.807, 2.05) is 11.8 Å². The van der Waals surface area contributed by atoms with Crippen LogP contribution in [0.3, 0.4) is 0 Å². The van der Waals surface area contributed by atoms with Crippen molar-refractivity contribution in [3.05, 3.63) is 71.3 Å². The Bertz CT molecular complexity index is 734. The fourth-order valence-corrected chi connectivity index (χ4v) is 3.05. The first-order valence-electron chi connectivity index (χ1n) is 8.65. The van der Waals surface area contributed by atoms with Crippen LogP contribution in [0.1, 0.15) is 30.2 Å². The number of nitrogens with zero attached hydrogens (tertiary/aromatic N) is 1. The lowest BCUT2D eigenvalue weighted by Gasteiger charge is -2.33. The summed E-state index contributed by atoms with van der Waals surface area (Å²) in [7, 11) is 0. The van der Waals surface area contributed by atoms with Crippen molar-refractivity contribution < 1.29 is 18.3 Å². The monoisotopic (exact) mass is 360 g/mol. The molecule has 1 aliphatic rings. The van der Waals surface area contributed by atoms with Crippen LogP contribution < -0.4 is 5.32 Å². The summed E-state index contributed by atoms with van der Waals surface area (Å²) in [6, 6.07) is 12.1. The first-order chi connectivity index (χ1) is 12.5. The summed E-state index contributed by atoms with van der Waals surface area (Å²) in [4.78, 5) is 14.4. The summed E-state index contributed by atoms with van der Waals surface area (Å²) in [5.41, 5.74) is 1.75. The number of carbonyl (C=O) groups is 1. The molecule has 4 nitrogen and oxygen atoms in total. The van der Waals surface area contributed by atoms with E-state index in [1.165, 1.54) is 24.3 Å². The third-order valence-electron chi connectivity index (χ3n) is 4.51. The van der Waals surface area contributed by atoms with Crippen LogP contribution in [0.2, 0.25) is 0 Å². The molecule has 1 N–H and O–H groups in total. The van der Waals surface area contributed by atoms with E-state index < -0.39 is 0 Å². The third-order valence-corrected chi connectivity index (χ3v) is 4.51. The average molecular weight is 360 g/mol. The van der Waals surface area contributed by atoms with E-state index in [9.17, 15) is 13.6 Å². The fraction of sp³-hybridized carbons (Fsp3) is 0.350. The lowest BCUT2D eigenvalue weighted by Crippen LogP contribution is -2.44. The highest BCUT2D eigenvalue weighted by atomic mass is 19.1. The largest absolute Gasteiger partial charge is 0.371 e. The van der Waals surface area contributed by atoms with Gasteiger partial charge in [-0.3, -0.25) is 9.69 Å². The van der Waals surface area contributed by atoms with Crippen LogP contribution in [0.25, 0.3) is 0 Å². The molecule has 1 fully saturated rings. The summed E-state index contributed by atoms with van der Waals surface area (Å²) in [6.07, 6.45) is -0.174. The quantitative estimate of drug-likeness (QED) is 0.890. The van der Waals surface area contributed by atoms with Crippen molar-refractivity contribution in [1.82, 2.24) is 10.2 Å². The number of benzene rings is 2. The second-order valence-corrected chi connectivity index (χ2v) is 6.49. The molecule has 6 heteroatoms. The van der Waals surface area contributed by atoms with Crippen LogP contribution in [0.5, 0.6) is 0 Å². The summed E-state index contributed by atoms with van der Waals surface area (Å²) in [5.74, 6) is -0.676. The molecule has 0 bridgehead atoms. The number of rotatable bonds is 5. The molecule has 26 heavy (non-hydrogen) atoms. The SMILES string of the molecule is CC(NC(=O)CN1CCOC(c2ccc(F)cc2)C1)c1ccc(F)cc1. The predicted octanol–water partition coefficient (Wildman–Crippen LogP) is 3.22. The molecule has 2 aromatic carbocycles. The van der Waals surface area contributed by atoms with Gasteiger partial charge in [0.25, 0.3) is 0 Å². The minimum Gasteiger partial charge on any atom is -0.371 e. The third kappa shape index (κ3) is 4.86. The Morgan fingerprint density at radius 1 is 1.15 bits per heavy atom. The van der Waals surface area contributed by atoms with Gasteiger partial charge in [-0.15, -0.1) is 0 Å². The average Bonchev–Trinajstić information content (AvgIpc) is 2.63. The van der Waals surface area contributed by atoms with E-state index in [-0.39, 0.29) is 36.2 Å². The minimum atomic E-state index is -0.299. The minimum absolute atomic E-state index is 0.0958. The first-order valence-corrected chi connectivity index (χ1v) is 8.65. The van der Waals surface area contributed by atoms with Gasteiger partial charge in [-0.2, -0.15) is 0 Å². The van der Waals surface area contributed by atoms with E-state index in [2.05, 4.69) is 5.32 Å². The van der Waals surface area contributed by atoms with Gasteiger partial charge < -0.3 is 10.1 Å². The van der Waals surface area contributed by atoms with Gasteiger partial charge in [-0.1, -0.05) is 24.3 Å². The second-order valence-electron chi connectivity index (χ2n) is 6.49. The van der Waals surface area contributed by atoms with Crippen molar-refractivity contribution in [2.75, 3.05) is 26.2 Å². The van der Waals surface area contributed by atoms with Gasteiger partial charge in [0.2, 0.25) is 5.91 Å². The summed E-state index contributed by atoms with van der Waals surface area (Å²) < 4.78 is 31.8. The molecule has 3 rings (SSSR count). The molecule has 138 valence electrons. The van der Waals surface area contributed by atoms with Crippen LogP contribution in [0.15, 0.2) is 48.5 Å². The molecule has 1 aliphatic heterocycles. The zero-order valence-electron chi connectivity index (χ0n) is 14.6. The number of hydrogen-bond donors (Lipinski definition) is 1. The first kappa shape index (κ1) is 18.5. The maximum atomic E-state index is 13.1. The van der Waals surface area contributed by atoms with Crippen molar-refractivity contribution in [2.45, 2.75) is 19.1 Å². The number of ether oxygens (including phenoxy) is 1. The van der Waals surface area contributed by atoms with Crippen LogP contribution in [-0.4, -0.2) is 37.0 Å². The predicted molar refractivity (Wildman–Crippen MR) is 94.5 cm³/mol. The Morgan fingerprint density at radius 3 is 2.42 bits per heavy atom. The van der Waals surface area contributed by atoms with Crippen molar-refractivity contribution in [3.8, 4) is 0 Å². The topological polar surface area (TPSA) is 41.6 Å². The molecule has 1 saturated heterocycles. The Hall–Kier alpha value is -2.31. The normalized spacial score (nSPS) is 19.1. The fourth-order valence-electron chi connectivity index (χ4n) is 3.05. The molecule has 1 amide bonds. The van der Waals surface area contributed by atoms with E-state index >= 15 is 0 Å². The highest BCUT2D eigenvalue weighted by molar-refractivity contribution is 5.78. The molecule has 0 aromatic heterocycles. The molecular weight excluding hydrogens is 338 g/mol. The number of hydrogen-bond acceptors (Lipinski definition) is 3. The zero-order valence-corrected chi connectivity index (χ0v) is 14.6. The van der Waals surface area contributed by atoms with Crippen LogP contribution in [0, 0.1) is 11.6 Å². The summed E-state index contributed by atoms with van der Waals surface area (Å²) in [5, 5.41) is 2.93. The van der Waals surface area contributed by atoms with E-state index in [1.54, 1.807) is 24.3 Å². The highest BCUT2D eigenvalue weighted by Crippen LogP contribution is 2.22. The summed E-state index contributed by atoms with van der Waals surface area (Å²) >= 11 is 0. The van der Waals surface area contributed by atoms with Gasteiger partial charge >= 0.3 is 0 Å². The Morgan fingerprint density at radius 2 is 1.77 bits per heavy atom. The van der Waals surface area contributed by atoms with Gasteiger partial charge in [-0.05, 0) is 42.3 Å². The van der Waals surface area contributed by atoms with Crippen LogP contribution >= 0.6 is 0 Å². The van der Waals surface area contributed by atoms with Crippen molar-refractivity contribution >= 4 is 5.91 Å². The highest BCUT2D eigenvalue weighted by Gasteiger charge is 2.24. The molecule has 0 saturated carbocycles. The molecule has 2 aromatic rings. The molecule has 0 spiro atoms. The number of nitrogens with one attached hydrogen (secondary N) is 1. The Kier molecular flexibility index (Phi) is 5.96. The van der Waals surface area contributed by atoms with E-state index in [0.717, 1.165) is 11.1 Å². The molecular formula is C20H22F2N2O2. The number of amides is 1. The van der Waals surface area contributed by atoms with E-state index in [0.29, 0.717) is 19.7 Å². The standard InChI is InChI=1S/C20H22F2N2O2/c1-14(15-2-6-17(21)7-3-15)23-20(25)13-24-10-11-26-19(12-24)16-4-8-18(22)9-5-16/h2-9,14,19H,10-13H2,1H3,(H,23,25). The number of carbonyl (C=O) groups excluding carboxylic acids is 1. The van der Waals surface area contributed by atoms with E-state index in [4.69, 9.17) is 4.74 Å². The van der Waals surface area contributed by atoms with Crippen molar-refractivity contribution in [3.63, 3.8) is 0 Å². The Labute approximate surface area is 151 Å².